The van der Waals surface area contributed by atoms with Gasteiger partial charge in [-0.05, 0) is 6.92 Å². The Morgan fingerprint density at radius 1 is 1.18 bits per heavy atom. The zero-order valence-electron chi connectivity index (χ0n) is 10.6. The summed E-state index contributed by atoms with van der Waals surface area (Å²) < 4.78 is 22.9. The quantitative estimate of drug-likeness (QED) is 0.707. The molecule has 0 radical (unpaired) electrons. The van der Waals surface area contributed by atoms with E-state index in [0.717, 1.165) is 39.3 Å². The highest BCUT2D eigenvalue weighted by atomic mass is 32.2. The van der Waals surface area contributed by atoms with Crippen LogP contribution in [0.2, 0.25) is 0 Å². The molecule has 0 saturated carbocycles. The molecule has 2 saturated heterocycles. The SMILES string of the molecule is CC1CS(=O)(=O)CCN1CCN1CCNCC1. The van der Waals surface area contributed by atoms with Crippen LogP contribution in [0.1, 0.15) is 6.92 Å². The van der Waals surface area contributed by atoms with E-state index in [0.29, 0.717) is 18.1 Å². The highest BCUT2D eigenvalue weighted by Gasteiger charge is 2.27. The Hall–Kier alpha value is -0.170. The maximum Gasteiger partial charge on any atom is 0.153 e. The average molecular weight is 261 g/mol. The summed E-state index contributed by atoms with van der Waals surface area (Å²) in [4.78, 5) is 4.76. The molecular weight excluding hydrogens is 238 g/mol. The molecule has 0 aliphatic carbocycles. The van der Waals surface area contributed by atoms with Crippen LogP contribution in [0.3, 0.4) is 0 Å². The second-order valence-electron chi connectivity index (χ2n) is 5.09. The third-order valence-electron chi connectivity index (χ3n) is 3.72. The Morgan fingerprint density at radius 2 is 1.88 bits per heavy atom. The molecule has 2 fully saturated rings. The molecule has 0 bridgehead atoms. The molecule has 17 heavy (non-hydrogen) atoms. The number of piperazine rings is 1. The lowest BCUT2D eigenvalue weighted by atomic mass is 10.3. The largest absolute Gasteiger partial charge is 0.314 e. The van der Waals surface area contributed by atoms with Crippen molar-refractivity contribution in [2.24, 2.45) is 0 Å². The molecule has 2 rings (SSSR count). The van der Waals surface area contributed by atoms with E-state index in [2.05, 4.69) is 15.1 Å². The second kappa shape index (κ2) is 5.65. The molecule has 6 heteroatoms. The summed E-state index contributed by atoms with van der Waals surface area (Å²) in [5, 5.41) is 3.34. The molecule has 1 N–H and O–H groups in total. The van der Waals surface area contributed by atoms with Gasteiger partial charge in [-0.2, -0.15) is 0 Å². The van der Waals surface area contributed by atoms with Gasteiger partial charge in [0.25, 0.3) is 0 Å². The van der Waals surface area contributed by atoms with Crippen molar-refractivity contribution in [3.8, 4) is 0 Å². The van der Waals surface area contributed by atoms with E-state index in [9.17, 15) is 8.42 Å². The van der Waals surface area contributed by atoms with Crippen LogP contribution >= 0.6 is 0 Å². The summed E-state index contributed by atoms with van der Waals surface area (Å²) >= 11 is 0. The third-order valence-corrected chi connectivity index (χ3v) is 5.52. The van der Waals surface area contributed by atoms with Crippen molar-refractivity contribution in [3.05, 3.63) is 0 Å². The summed E-state index contributed by atoms with van der Waals surface area (Å²) in [7, 11) is -2.77. The van der Waals surface area contributed by atoms with E-state index >= 15 is 0 Å². The molecule has 1 unspecified atom stereocenters. The number of nitrogens with zero attached hydrogens (tertiary/aromatic N) is 2. The second-order valence-corrected chi connectivity index (χ2v) is 7.32. The van der Waals surface area contributed by atoms with Crippen molar-refractivity contribution in [2.45, 2.75) is 13.0 Å². The van der Waals surface area contributed by atoms with Gasteiger partial charge in [-0.3, -0.25) is 9.80 Å². The molecule has 5 nitrogen and oxygen atoms in total. The molecule has 0 amide bonds. The zero-order valence-corrected chi connectivity index (χ0v) is 11.4. The molecular formula is C11H23N3O2S. The fraction of sp³-hybridized carbons (Fsp3) is 1.00. The molecule has 0 aromatic rings. The van der Waals surface area contributed by atoms with Crippen LogP contribution in [0, 0.1) is 0 Å². The van der Waals surface area contributed by atoms with Gasteiger partial charge in [0.1, 0.15) is 0 Å². The molecule has 2 heterocycles. The Morgan fingerprint density at radius 3 is 2.53 bits per heavy atom. The predicted octanol–water partition coefficient (Wildman–Crippen LogP) is -0.989. The molecule has 100 valence electrons. The van der Waals surface area contributed by atoms with Crippen molar-refractivity contribution in [1.82, 2.24) is 15.1 Å². The lowest BCUT2D eigenvalue weighted by molar-refractivity contribution is 0.168. The first kappa shape index (κ1) is 13.3. The first-order valence-corrected chi connectivity index (χ1v) is 8.26. The molecule has 0 aromatic carbocycles. The van der Waals surface area contributed by atoms with Crippen LogP contribution in [0.15, 0.2) is 0 Å². The number of hydrogen-bond acceptors (Lipinski definition) is 5. The van der Waals surface area contributed by atoms with Crippen LogP contribution in [-0.2, 0) is 9.84 Å². The van der Waals surface area contributed by atoms with Crippen molar-refractivity contribution in [3.63, 3.8) is 0 Å². The van der Waals surface area contributed by atoms with Gasteiger partial charge < -0.3 is 5.32 Å². The average Bonchev–Trinajstić information content (AvgIpc) is 2.28. The van der Waals surface area contributed by atoms with Crippen LogP contribution in [0.25, 0.3) is 0 Å². The van der Waals surface area contributed by atoms with Gasteiger partial charge in [-0.15, -0.1) is 0 Å². The number of sulfone groups is 1. The maximum atomic E-state index is 11.5. The molecule has 0 spiro atoms. The molecule has 0 aromatic heterocycles. The number of nitrogens with one attached hydrogen (secondary N) is 1. The number of hydrogen-bond donors (Lipinski definition) is 1. The molecule has 2 aliphatic rings. The lowest BCUT2D eigenvalue weighted by Gasteiger charge is -2.35. The first-order valence-electron chi connectivity index (χ1n) is 6.44. The van der Waals surface area contributed by atoms with E-state index in [1.807, 2.05) is 6.92 Å². The van der Waals surface area contributed by atoms with Gasteiger partial charge in [-0.1, -0.05) is 0 Å². The van der Waals surface area contributed by atoms with Crippen LogP contribution in [-0.4, -0.2) is 81.6 Å². The highest BCUT2D eigenvalue weighted by Crippen LogP contribution is 2.11. The van der Waals surface area contributed by atoms with Gasteiger partial charge in [0.15, 0.2) is 9.84 Å². The van der Waals surface area contributed by atoms with Gasteiger partial charge in [0.05, 0.1) is 11.5 Å². The lowest BCUT2D eigenvalue weighted by Crippen LogP contribution is -2.51. The van der Waals surface area contributed by atoms with Gasteiger partial charge >= 0.3 is 0 Å². The molecule has 1 atom stereocenters. The smallest absolute Gasteiger partial charge is 0.153 e. The normalized spacial score (nSPS) is 31.5. The van der Waals surface area contributed by atoms with Crippen molar-refractivity contribution in [1.29, 1.82) is 0 Å². The zero-order chi connectivity index (χ0) is 12.3. The van der Waals surface area contributed by atoms with Gasteiger partial charge in [-0.25, -0.2) is 8.42 Å². The molecule has 2 aliphatic heterocycles. The van der Waals surface area contributed by atoms with Crippen molar-refractivity contribution >= 4 is 9.84 Å². The first-order chi connectivity index (χ1) is 8.07. The third kappa shape index (κ3) is 3.91. The van der Waals surface area contributed by atoms with E-state index < -0.39 is 9.84 Å². The monoisotopic (exact) mass is 261 g/mol. The standard InChI is InChI=1S/C11H23N3O2S/c1-11-10-17(15,16)9-8-14(11)7-6-13-4-2-12-3-5-13/h11-12H,2-10H2,1H3. The minimum Gasteiger partial charge on any atom is -0.314 e. The number of rotatable bonds is 3. The Kier molecular flexibility index (Phi) is 4.41. The summed E-state index contributed by atoms with van der Waals surface area (Å²) in [6.45, 7) is 9.15. The minimum absolute atomic E-state index is 0.177. The van der Waals surface area contributed by atoms with E-state index in [1.165, 1.54) is 0 Å². The topological polar surface area (TPSA) is 52.7 Å². The van der Waals surface area contributed by atoms with Gasteiger partial charge in [0, 0.05) is 51.9 Å². The van der Waals surface area contributed by atoms with Crippen LogP contribution in [0.5, 0.6) is 0 Å². The summed E-state index contributed by atoms with van der Waals surface area (Å²) in [6, 6.07) is 0.177. The van der Waals surface area contributed by atoms with E-state index in [4.69, 9.17) is 0 Å². The Labute approximate surface area is 104 Å². The van der Waals surface area contributed by atoms with E-state index in [1.54, 1.807) is 0 Å². The van der Waals surface area contributed by atoms with E-state index in [-0.39, 0.29) is 6.04 Å². The summed E-state index contributed by atoms with van der Waals surface area (Å²) in [5.41, 5.74) is 0. The van der Waals surface area contributed by atoms with Crippen molar-refractivity contribution < 1.29 is 8.42 Å². The minimum atomic E-state index is -2.77. The predicted molar refractivity (Wildman–Crippen MR) is 69.0 cm³/mol. The van der Waals surface area contributed by atoms with Crippen LogP contribution < -0.4 is 5.32 Å². The van der Waals surface area contributed by atoms with Gasteiger partial charge in [0.2, 0.25) is 0 Å². The summed E-state index contributed by atoms with van der Waals surface area (Å²) in [5.74, 6) is 0.660. The maximum absolute atomic E-state index is 11.5. The summed E-state index contributed by atoms with van der Waals surface area (Å²) in [6.07, 6.45) is 0. The Bertz CT molecular complexity index is 339. The highest BCUT2D eigenvalue weighted by molar-refractivity contribution is 7.91. The fourth-order valence-corrected chi connectivity index (χ4v) is 4.19. The fourth-order valence-electron chi connectivity index (χ4n) is 2.57. The van der Waals surface area contributed by atoms with Crippen molar-refractivity contribution in [2.75, 3.05) is 57.3 Å². The Balaban J connectivity index is 1.75. The van der Waals surface area contributed by atoms with Crippen LogP contribution in [0.4, 0.5) is 0 Å².